The van der Waals surface area contributed by atoms with Crippen molar-refractivity contribution in [1.29, 1.82) is 0 Å². The molecule has 0 bridgehead atoms. The van der Waals surface area contributed by atoms with E-state index < -0.39 is 16.1 Å². The third kappa shape index (κ3) is 12.4. The second-order valence-corrected chi connectivity index (χ2v) is 41.1. The van der Waals surface area contributed by atoms with E-state index >= 15 is 0 Å². The zero-order valence-electron chi connectivity index (χ0n) is 68.5. The number of para-hydroxylation sites is 2. The van der Waals surface area contributed by atoms with Gasteiger partial charge in [-0.25, -0.2) is 0 Å². The highest BCUT2D eigenvalue weighted by Crippen LogP contribution is 2.53. The second kappa shape index (κ2) is 29.4. The summed E-state index contributed by atoms with van der Waals surface area (Å²) in [5.41, 5.74) is 24.3. The number of anilines is 6. The number of benzene rings is 18. The first-order valence-electron chi connectivity index (χ1n) is 41.6. The Morgan fingerprint density at radius 3 is 0.780 bits per heavy atom. The van der Waals surface area contributed by atoms with Gasteiger partial charge in [0.2, 0.25) is 0 Å². The Morgan fingerprint density at radius 2 is 0.475 bits per heavy atom. The summed E-state index contributed by atoms with van der Waals surface area (Å²) in [5.74, 6) is 0.311. The zero-order chi connectivity index (χ0) is 80.2. The van der Waals surface area contributed by atoms with Crippen LogP contribution in [0.1, 0.15) is 84.0 Å². The lowest BCUT2D eigenvalue weighted by Gasteiger charge is -2.35. The molecule has 0 radical (unpaired) electrons. The predicted molar refractivity (Wildman–Crippen MR) is 509 cm³/mol. The average Bonchev–Trinajstić information content (AvgIpc) is 0.797. The van der Waals surface area contributed by atoms with Crippen molar-refractivity contribution in [3.8, 4) is 22.3 Å². The van der Waals surface area contributed by atoms with Gasteiger partial charge in [-0.2, -0.15) is 0 Å². The number of furan rings is 2. The number of fused-ring (bicyclic) bond motifs is 6. The summed E-state index contributed by atoms with van der Waals surface area (Å²) < 4.78 is 13.7. The van der Waals surface area contributed by atoms with E-state index in [2.05, 4.69) is 443 Å². The molecule has 20 rings (SSSR count). The molecule has 18 aromatic carbocycles. The Morgan fingerprint density at radius 1 is 0.212 bits per heavy atom. The second-order valence-electron chi connectivity index (χ2n) is 33.5. The summed E-state index contributed by atoms with van der Waals surface area (Å²) >= 11 is 0. The van der Waals surface area contributed by atoms with Gasteiger partial charge in [0, 0.05) is 67.2 Å². The molecule has 0 N–H and O–H groups in total. The van der Waals surface area contributed by atoms with Crippen molar-refractivity contribution >= 4 is 168 Å². The lowest BCUT2D eigenvalue weighted by molar-refractivity contribution is 0.668. The van der Waals surface area contributed by atoms with Crippen LogP contribution in [0.4, 0.5) is 34.1 Å². The van der Waals surface area contributed by atoms with E-state index in [0.29, 0.717) is 0 Å². The molecule has 0 aliphatic heterocycles. The summed E-state index contributed by atoms with van der Waals surface area (Å²) in [5, 5.41) is 22.5. The monoisotopic (exact) mass is 1550 g/mol. The van der Waals surface area contributed by atoms with Gasteiger partial charge in [-0.05, 0) is 223 Å². The van der Waals surface area contributed by atoms with E-state index in [1.165, 1.54) is 108 Å². The number of hydrogen-bond acceptors (Lipinski definition) is 4. The van der Waals surface area contributed by atoms with Gasteiger partial charge >= 0.3 is 0 Å². The Hall–Kier alpha value is -13.4. The molecule has 2 aromatic heterocycles. The summed E-state index contributed by atoms with van der Waals surface area (Å²) in [4.78, 5) is 5.03. The maximum atomic E-state index is 6.86. The SMILES string of the molecule is Cc1ccc([Si](c2ccc(C)cc2)(c2ccc(C)cc2)c2ccc(-c3cccc(N(c4ccc5c(c4)oc4ccccc45)c4cc(C(C)C)c5ccc6c(N(c7cccc(-c8ccc([Si](c9ccc(C)cc9)(c9ccc(C)cc9)c9ccc(C)cc9)cc8)c7)c7ccc8c(c7)oc7ccccc78)cc(C(C)C)c7ccc4c5c76)c3)cc2)cc1. The first kappa shape index (κ1) is 73.5. The molecule has 118 heavy (non-hydrogen) atoms. The van der Waals surface area contributed by atoms with Crippen LogP contribution < -0.4 is 51.3 Å². The minimum atomic E-state index is -2.86. The van der Waals surface area contributed by atoms with Gasteiger partial charge in [-0.3, -0.25) is 0 Å². The van der Waals surface area contributed by atoms with Crippen molar-refractivity contribution in [1.82, 2.24) is 0 Å². The van der Waals surface area contributed by atoms with E-state index in [0.717, 1.165) is 111 Å². The Labute approximate surface area is 693 Å². The normalized spacial score (nSPS) is 12.1. The van der Waals surface area contributed by atoms with Gasteiger partial charge in [0.25, 0.3) is 0 Å². The Kier molecular flexibility index (Phi) is 18.3. The van der Waals surface area contributed by atoms with Gasteiger partial charge in [0.15, 0.2) is 16.1 Å². The van der Waals surface area contributed by atoms with E-state index in [1.807, 2.05) is 0 Å². The third-order valence-corrected chi connectivity index (χ3v) is 34.9. The van der Waals surface area contributed by atoms with Crippen LogP contribution in [0.15, 0.2) is 373 Å². The lowest BCUT2D eigenvalue weighted by Crippen LogP contribution is -2.74. The van der Waals surface area contributed by atoms with E-state index in [-0.39, 0.29) is 11.8 Å². The van der Waals surface area contributed by atoms with Crippen LogP contribution in [0.3, 0.4) is 0 Å². The van der Waals surface area contributed by atoms with Gasteiger partial charge in [-0.1, -0.05) is 340 Å². The fourth-order valence-corrected chi connectivity index (χ4v) is 28.5. The van der Waals surface area contributed by atoms with Gasteiger partial charge in [0.1, 0.15) is 22.3 Å². The van der Waals surface area contributed by atoms with E-state index in [1.54, 1.807) is 0 Å². The summed E-state index contributed by atoms with van der Waals surface area (Å²) in [6, 6.07) is 139. The number of hydrogen-bond donors (Lipinski definition) is 0. The lowest BCUT2D eigenvalue weighted by atomic mass is 9.84. The van der Waals surface area contributed by atoms with Gasteiger partial charge in [0.05, 0.1) is 11.4 Å². The topological polar surface area (TPSA) is 32.8 Å². The summed E-state index contributed by atoms with van der Waals surface area (Å²) in [6.07, 6.45) is 0. The molecular weight excluding hydrogens is 1460 g/mol. The molecule has 20 aromatic rings. The summed E-state index contributed by atoms with van der Waals surface area (Å²) in [6.45, 7) is 22.6. The first-order valence-corrected chi connectivity index (χ1v) is 45.6. The highest BCUT2D eigenvalue weighted by atomic mass is 28.3. The van der Waals surface area contributed by atoms with Crippen molar-refractivity contribution < 1.29 is 8.83 Å². The number of rotatable bonds is 18. The molecule has 0 aliphatic rings. The number of nitrogens with zero attached hydrogens (tertiary/aromatic N) is 2. The molecule has 0 saturated carbocycles. The minimum Gasteiger partial charge on any atom is -0.456 e. The smallest absolute Gasteiger partial charge is 0.179 e. The average molecular weight is 1550 g/mol. The van der Waals surface area contributed by atoms with Crippen molar-refractivity contribution in [2.75, 3.05) is 9.80 Å². The third-order valence-electron chi connectivity index (χ3n) is 25.3. The minimum absolute atomic E-state index is 0.155. The Bertz CT molecular complexity index is 6540. The Balaban J connectivity index is 0.776. The van der Waals surface area contributed by atoms with Crippen LogP contribution in [0, 0.1) is 41.5 Å². The summed E-state index contributed by atoms with van der Waals surface area (Å²) in [7, 11) is -5.72. The molecule has 0 amide bonds. The van der Waals surface area contributed by atoms with Crippen LogP contribution >= 0.6 is 0 Å². The quantitative estimate of drug-likeness (QED) is 0.0487. The molecule has 0 atom stereocenters. The van der Waals surface area contributed by atoms with E-state index in [4.69, 9.17) is 8.83 Å². The van der Waals surface area contributed by atoms with Gasteiger partial charge < -0.3 is 18.6 Å². The molecular formula is C112H92N2O2Si2. The molecule has 0 unspecified atom stereocenters. The molecule has 0 spiro atoms. The largest absolute Gasteiger partial charge is 0.456 e. The van der Waals surface area contributed by atoms with Crippen molar-refractivity contribution in [3.05, 3.63) is 408 Å². The molecule has 6 heteroatoms. The van der Waals surface area contributed by atoms with Crippen LogP contribution in [-0.2, 0) is 0 Å². The maximum Gasteiger partial charge on any atom is 0.179 e. The van der Waals surface area contributed by atoms with Gasteiger partial charge in [-0.15, -0.1) is 0 Å². The highest BCUT2D eigenvalue weighted by Gasteiger charge is 2.43. The highest BCUT2D eigenvalue weighted by molar-refractivity contribution is 7.20. The number of aryl methyl sites for hydroxylation is 6. The fourth-order valence-electron chi connectivity index (χ4n) is 19.2. The molecule has 570 valence electrons. The molecule has 4 nitrogen and oxygen atoms in total. The van der Waals surface area contributed by atoms with Crippen LogP contribution in [0.5, 0.6) is 0 Å². The van der Waals surface area contributed by atoms with E-state index in [9.17, 15) is 0 Å². The van der Waals surface area contributed by atoms with Crippen LogP contribution in [-0.4, -0.2) is 16.1 Å². The first-order chi connectivity index (χ1) is 57.5. The predicted octanol–water partition coefficient (Wildman–Crippen LogP) is 25.5. The van der Waals surface area contributed by atoms with Crippen molar-refractivity contribution in [2.45, 2.75) is 81.1 Å². The molecule has 0 fully saturated rings. The van der Waals surface area contributed by atoms with Crippen LogP contribution in [0.2, 0.25) is 0 Å². The fraction of sp³-hybridized carbons (Fsp3) is 0.107. The van der Waals surface area contributed by atoms with Crippen molar-refractivity contribution in [2.24, 2.45) is 0 Å². The molecule has 0 saturated heterocycles. The van der Waals surface area contributed by atoms with Crippen LogP contribution in [0.25, 0.3) is 98.4 Å². The maximum absolute atomic E-state index is 6.86. The molecule has 0 aliphatic carbocycles. The van der Waals surface area contributed by atoms with Crippen molar-refractivity contribution in [3.63, 3.8) is 0 Å². The molecule has 2 heterocycles. The standard InChI is InChI=1S/C112H92N2O2Si2/c1-71(2)103-69-105(113(85-41-59-97-95-21-11-13-23-107(95)115-109(97)67-85)83-19-15-17-81(65-83)79-37-55-93(56-38-79)117(87-43-25-73(5)26-44-87,88-45-27-74(6)28-46-88)89-47-29-75(7)30-48-89)101-64-62-100-104(72(3)4)70-106(102-63-61-99(103)111(101)112(100)102)114(86-42-60-98-96-22-12-14-24-108(96)116-110(98)68-86)84-20-16-18-82(66-84)80-39-57-94(58-40-80)118(90-49-31-76(8)32-50-90,91-51-33-77(9)34-52-91)92-53-35-78(10)36-54-92/h11-72H,1-10H3. The zero-order valence-corrected chi connectivity index (χ0v) is 70.5.